The zero-order chi connectivity index (χ0) is 18.1. The van der Waals surface area contributed by atoms with E-state index in [0.717, 1.165) is 42.5 Å². The number of pyridine rings is 1. The van der Waals surface area contributed by atoms with E-state index in [2.05, 4.69) is 49.2 Å². The minimum absolute atomic E-state index is 0.851. The van der Waals surface area contributed by atoms with Crippen LogP contribution in [0.4, 0.5) is 0 Å². The maximum Gasteiger partial charge on any atom is 0.169 e. The van der Waals surface area contributed by atoms with Gasteiger partial charge in [-0.15, -0.1) is 11.3 Å². The average Bonchev–Trinajstić information content (AvgIpc) is 3.42. The largest absolute Gasteiger partial charge is 0.294 e. The fraction of sp³-hybridized carbons (Fsp3) is 0.190. The van der Waals surface area contributed by atoms with Gasteiger partial charge >= 0.3 is 0 Å². The van der Waals surface area contributed by atoms with Crippen LogP contribution in [-0.2, 0) is 19.5 Å². The summed E-state index contributed by atoms with van der Waals surface area (Å²) in [6.45, 7) is 2.79. The molecule has 27 heavy (non-hydrogen) atoms. The molecular weight excluding hydrogens is 372 g/mol. The number of hydrogen-bond acceptors (Lipinski definition) is 6. The smallest absolute Gasteiger partial charge is 0.169 e. The standard InChI is InChI=1S/C21H18N4S2/c1-3-15(20(22-7-1)16-6-10-26-14-16)12-25-8-5-18-17(13-25)11-23-21(24-18)19-4-2-9-27-19/h1-4,6-7,9-11,14H,5,8,12-13H2. The van der Waals surface area contributed by atoms with Crippen molar-refractivity contribution in [3.63, 3.8) is 0 Å². The minimum atomic E-state index is 0.851. The van der Waals surface area contributed by atoms with E-state index in [1.165, 1.54) is 22.4 Å². The van der Waals surface area contributed by atoms with Crippen molar-refractivity contribution in [2.45, 2.75) is 19.5 Å². The van der Waals surface area contributed by atoms with Crippen LogP contribution in [-0.4, -0.2) is 26.4 Å². The number of nitrogens with zero attached hydrogens (tertiary/aromatic N) is 4. The molecule has 0 aliphatic carbocycles. The van der Waals surface area contributed by atoms with Crippen molar-refractivity contribution >= 4 is 22.7 Å². The zero-order valence-corrected chi connectivity index (χ0v) is 16.3. The summed E-state index contributed by atoms with van der Waals surface area (Å²) in [6.07, 6.45) is 4.85. The lowest BCUT2D eigenvalue weighted by atomic mass is 10.0. The Kier molecular flexibility index (Phi) is 4.53. The van der Waals surface area contributed by atoms with E-state index in [1.807, 2.05) is 24.5 Å². The van der Waals surface area contributed by atoms with Gasteiger partial charge < -0.3 is 0 Å². The number of aromatic nitrogens is 3. The Bertz CT molecular complexity index is 1040. The van der Waals surface area contributed by atoms with Crippen LogP contribution in [0.15, 0.2) is 58.9 Å². The van der Waals surface area contributed by atoms with Crippen molar-refractivity contribution in [3.8, 4) is 22.0 Å². The Labute approximate surface area is 166 Å². The van der Waals surface area contributed by atoms with Crippen molar-refractivity contribution < 1.29 is 0 Å². The SMILES string of the molecule is c1csc(-c2ncc3c(n2)CCN(Cc2cccnc2-c2ccsc2)C3)c1. The average molecular weight is 391 g/mol. The molecule has 4 aromatic heterocycles. The molecule has 134 valence electrons. The molecule has 0 N–H and O–H groups in total. The molecule has 0 atom stereocenters. The fourth-order valence-electron chi connectivity index (χ4n) is 3.50. The molecule has 0 saturated heterocycles. The summed E-state index contributed by atoms with van der Waals surface area (Å²) >= 11 is 3.40. The maximum absolute atomic E-state index is 4.82. The third-order valence-electron chi connectivity index (χ3n) is 4.83. The molecule has 0 unspecified atom stereocenters. The molecule has 0 radical (unpaired) electrons. The molecule has 0 spiro atoms. The van der Waals surface area contributed by atoms with E-state index in [1.54, 1.807) is 22.7 Å². The van der Waals surface area contributed by atoms with Gasteiger partial charge in [-0.25, -0.2) is 9.97 Å². The number of thiophene rings is 2. The lowest BCUT2D eigenvalue weighted by Gasteiger charge is -2.28. The molecule has 0 fully saturated rings. The normalized spacial score (nSPS) is 14.2. The number of hydrogen-bond donors (Lipinski definition) is 0. The summed E-state index contributed by atoms with van der Waals surface area (Å²) < 4.78 is 0. The van der Waals surface area contributed by atoms with E-state index < -0.39 is 0 Å². The maximum atomic E-state index is 4.82. The van der Waals surface area contributed by atoms with Crippen LogP contribution in [0.2, 0.25) is 0 Å². The Morgan fingerprint density at radius 3 is 2.93 bits per heavy atom. The quantitative estimate of drug-likeness (QED) is 0.498. The number of fused-ring (bicyclic) bond motifs is 1. The highest BCUT2D eigenvalue weighted by atomic mass is 32.1. The molecule has 1 aliphatic heterocycles. The van der Waals surface area contributed by atoms with Crippen LogP contribution >= 0.6 is 22.7 Å². The molecule has 5 heterocycles. The third-order valence-corrected chi connectivity index (χ3v) is 6.38. The Balaban J connectivity index is 1.37. The summed E-state index contributed by atoms with van der Waals surface area (Å²) in [5.41, 5.74) is 6.00. The van der Waals surface area contributed by atoms with Gasteiger partial charge in [0, 0.05) is 55.0 Å². The predicted molar refractivity (Wildman–Crippen MR) is 111 cm³/mol. The second kappa shape index (κ2) is 7.31. The first-order valence-corrected chi connectivity index (χ1v) is 10.8. The Hall–Kier alpha value is -2.41. The van der Waals surface area contributed by atoms with Crippen molar-refractivity contribution in [2.75, 3.05) is 6.54 Å². The second-order valence-corrected chi connectivity index (χ2v) is 8.35. The topological polar surface area (TPSA) is 41.9 Å². The van der Waals surface area contributed by atoms with Gasteiger partial charge in [0.05, 0.1) is 16.3 Å². The molecule has 0 bridgehead atoms. The van der Waals surface area contributed by atoms with Gasteiger partial charge in [-0.1, -0.05) is 12.1 Å². The summed E-state index contributed by atoms with van der Waals surface area (Å²) in [5.74, 6) is 0.851. The van der Waals surface area contributed by atoms with Crippen LogP contribution in [0.3, 0.4) is 0 Å². The van der Waals surface area contributed by atoms with E-state index in [-0.39, 0.29) is 0 Å². The highest BCUT2D eigenvalue weighted by molar-refractivity contribution is 7.13. The fourth-order valence-corrected chi connectivity index (χ4v) is 4.81. The van der Waals surface area contributed by atoms with Gasteiger partial charge in [-0.3, -0.25) is 9.88 Å². The molecular formula is C21H18N4S2. The zero-order valence-electron chi connectivity index (χ0n) is 14.7. The first kappa shape index (κ1) is 16.7. The monoisotopic (exact) mass is 390 g/mol. The molecule has 1 aliphatic rings. The summed E-state index contributed by atoms with van der Waals surface area (Å²) in [6, 6.07) is 10.5. The first-order valence-electron chi connectivity index (χ1n) is 8.94. The highest BCUT2D eigenvalue weighted by Gasteiger charge is 2.20. The molecule has 0 saturated carbocycles. The van der Waals surface area contributed by atoms with Gasteiger partial charge in [-0.05, 0) is 34.5 Å². The molecule has 4 aromatic rings. The van der Waals surface area contributed by atoms with Gasteiger partial charge in [0.1, 0.15) is 0 Å². The van der Waals surface area contributed by atoms with E-state index in [9.17, 15) is 0 Å². The third kappa shape index (κ3) is 3.43. The molecule has 5 rings (SSSR count). The van der Waals surface area contributed by atoms with Crippen LogP contribution in [0.1, 0.15) is 16.8 Å². The van der Waals surface area contributed by atoms with E-state index in [4.69, 9.17) is 4.98 Å². The van der Waals surface area contributed by atoms with Crippen molar-refractivity contribution in [3.05, 3.63) is 75.7 Å². The van der Waals surface area contributed by atoms with Crippen LogP contribution in [0, 0.1) is 0 Å². The van der Waals surface area contributed by atoms with Crippen molar-refractivity contribution in [1.82, 2.24) is 19.9 Å². The van der Waals surface area contributed by atoms with Crippen molar-refractivity contribution in [2.24, 2.45) is 0 Å². The second-order valence-electron chi connectivity index (χ2n) is 6.63. The number of rotatable bonds is 4. The first-order chi connectivity index (χ1) is 13.4. The summed E-state index contributed by atoms with van der Waals surface area (Å²) in [7, 11) is 0. The van der Waals surface area contributed by atoms with Crippen LogP contribution in [0.5, 0.6) is 0 Å². The van der Waals surface area contributed by atoms with Crippen molar-refractivity contribution in [1.29, 1.82) is 0 Å². The van der Waals surface area contributed by atoms with E-state index in [0.29, 0.717) is 0 Å². The van der Waals surface area contributed by atoms with Gasteiger partial charge in [0.25, 0.3) is 0 Å². The van der Waals surface area contributed by atoms with Crippen LogP contribution in [0.25, 0.3) is 22.0 Å². The van der Waals surface area contributed by atoms with Gasteiger partial charge in [-0.2, -0.15) is 11.3 Å². The lowest BCUT2D eigenvalue weighted by Crippen LogP contribution is -2.31. The molecule has 6 heteroatoms. The Morgan fingerprint density at radius 2 is 2.07 bits per heavy atom. The lowest BCUT2D eigenvalue weighted by molar-refractivity contribution is 0.243. The Morgan fingerprint density at radius 1 is 1.07 bits per heavy atom. The molecule has 0 amide bonds. The summed E-state index contributed by atoms with van der Waals surface area (Å²) in [5, 5.41) is 6.34. The van der Waals surface area contributed by atoms with Gasteiger partial charge in [0.2, 0.25) is 0 Å². The predicted octanol–water partition coefficient (Wildman–Crippen LogP) is 4.89. The van der Waals surface area contributed by atoms with Crippen LogP contribution < -0.4 is 0 Å². The summed E-state index contributed by atoms with van der Waals surface area (Å²) in [4.78, 5) is 17.6. The van der Waals surface area contributed by atoms with E-state index >= 15 is 0 Å². The molecule has 4 nitrogen and oxygen atoms in total. The van der Waals surface area contributed by atoms with Gasteiger partial charge in [0.15, 0.2) is 5.82 Å². The minimum Gasteiger partial charge on any atom is -0.294 e. The molecule has 0 aromatic carbocycles. The highest BCUT2D eigenvalue weighted by Crippen LogP contribution is 2.27.